The molecule has 0 atom stereocenters. The van der Waals surface area contributed by atoms with Gasteiger partial charge in [-0.25, -0.2) is 14.6 Å². The molecule has 2 amide bonds. The summed E-state index contributed by atoms with van der Waals surface area (Å²) in [5.41, 5.74) is 0.382. The topological polar surface area (TPSA) is 85.8 Å². The summed E-state index contributed by atoms with van der Waals surface area (Å²) in [6.07, 6.45) is 1.81. The fraction of sp³-hybridized carbons (Fsp3) is 0.190. The maximum absolute atomic E-state index is 12.6. The predicted molar refractivity (Wildman–Crippen MR) is 115 cm³/mol. The number of pyridine rings is 1. The van der Waals surface area contributed by atoms with Crippen LogP contribution in [0.15, 0.2) is 60.8 Å². The number of rotatable bonds is 3. The number of benzene rings is 2. The van der Waals surface area contributed by atoms with Crippen LogP contribution in [0, 0.1) is 0 Å². The van der Waals surface area contributed by atoms with Crippen molar-refractivity contribution < 1.29 is 14.7 Å². The molecule has 29 heavy (non-hydrogen) atoms. The summed E-state index contributed by atoms with van der Waals surface area (Å²) >= 11 is 0. The summed E-state index contributed by atoms with van der Waals surface area (Å²) in [4.78, 5) is 32.3. The second-order valence-corrected chi connectivity index (χ2v) is 6.61. The summed E-state index contributed by atoms with van der Waals surface area (Å²) in [6, 6.07) is 16.2. The zero-order valence-corrected chi connectivity index (χ0v) is 15.2. The number of carbonyl (C=O) groups excluding carboxylic acids is 1. The molecule has 2 heterocycles. The average molecular weight is 400 g/mol. The van der Waals surface area contributed by atoms with Gasteiger partial charge in [0.25, 0.3) is 0 Å². The molecular formula is C21H21N4NaO3. The quantitative estimate of drug-likeness (QED) is 0.660. The second kappa shape index (κ2) is 9.26. The van der Waals surface area contributed by atoms with Crippen LogP contribution in [0.25, 0.3) is 10.8 Å². The SMILES string of the molecule is O=C(O)c1ccccc1NC(=O)N1CCN(c2nccc3ccccc23)CC1.[NaH]. The number of carboxylic acid groups (broad SMARTS) is 1. The molecule has 1 saturated heterocycles. The normalized spacial score (nSPS) is 13.7. The molecule has 3 aromatic rings. The van der Waals surface area contributed by atoms with Crippen molar-refractivity contribution in [3.05, 3.63) is 66.4 Å². The minimum atomic E-state index is -1.07. The predicted octanol–water partition coefficient (Wildman–Crippen LogP) is 2.64. The summed E-state index contributed by atoms with van der Waals surface area (Å²) < 4.78 is 0. The van der Waals surface area contributed by atoms with Crippen molar-refractivity contribution in [3.8, 4) is 0 Å². The number of piperazine rings is 1. The molecule has 0 aliphatic carbocycles. The van der Waals surface area contributed by atoms with Gasteiger partial charge in [-0.3, -0.25) is 0 Å². The Balaban J connectivity index is 0.00000240. The Morgan fingerprint density at radius 2 is 1.62 bits per heavy atom. The zero-order chi connectivity index (χ0) is 19.5. The molecule has 1 aromatic heterocycles. The summed E-state index contributed by atoms with van der Waals surface area (Å²) in [6.45, 7) is 2.39. The molecule has 2 N–H and O–H groups in total. The molecule has 1 fully saturated rings. The second-order valence-electron chi connectivity index (χ2n) is 6.61. The van der Waals surface area contributed by atoms with Crippen LogP contribution in [0.3, 0.4) is 0 Å². The van der Waals surface area contributed by atoms with E-state index in [0.717, 1.165) is 16.6 Å². The van der Waals surface area contributed by atoms with Gasteiger partial charge < -0.3 is 20.2 Å². The first-order valence-electron chi connectivity index (χ1n) is 9.10. The minimum absolute atomic E-state index is 0. The van der Waals surface area contributed by atoms with E-state index in [-0.39, 0.29) is 41.2 Å². The number of aromatic carboxylic acids is 1. The standard InChI is InChI=1S/C21H20N4O3.Na.H/c26-20(27)17-7-3-4-8-18(17)23-21(28)25-13-11-24(12-14-25)19-16-6-2-1-5-15(16)9-10-22-19;;/h1-10H,11-14H2,(H,23,28)(H,26,27);;. The van der Waals surface area contributed by atoms with E-state index in [0.29, 0.717) is 31.9 Å². The number of fused-ring (bicyclic) bond motifs is 1. The third kappa shape index (κ3) is 4.53. The third-order valence-corrected chi connectivity index (χ3v) is 4.92. The van der Waals surface area contributed by atoms with Crippen molar-refractivity contribution in [2.24, 2.45) is 0 Å². The molecule has 0 bridgehead atoms. The van der Waals surface area contributed by atoms with Crippen LogP contribution in [0.5, 0.6) is 0 Å². The van der Waals surface area contributed by atoms with Gasteiger partial charge in [0.05, 0.1) is 11.3 Å². The first-order chi connectivity index (χ1) is 13.6. The Bertz CT molecular complexity index is 1030. The molecule has 7 nitrogen and oxygen atoms in total. The Kier molecular flexibility index (Phi) is 6.74. The van der Waals surface area contributed by atoms with Crippen molar-refractivity contribution in [2.75, 3.05) is 36.4 Å². The van der Waals surface area contributed by atoms with Gasteiger partial charge in [-0.2, -0.15) is 0 Å². The van der Waals surface area contributed by atoms with E-state index in [4.69, 9.17) is 0 Å². The van der Waals surface area contributed by atoms with Gasteiger partial charge in [-0.15, -0.1) is 0 Å². The van der Waals surface area contributed by atoms with E-state index >= 15 is 0 Å². The molecule has 0 spiro atoms. The van der Waals surface area contributed by atoms with Crippen LogP contribution < -0.4 is 10.2 Å². The van der Waals surface area contributed by atoms with Gasteiger partial charge in [0.1, 0.15) is 5.82 Å². The molecule has 0 unspecified atom stereocenters. The van der Waals surface area contributed by atoms with Gasteiger partial charge in [0, 0.05) is 37.8 Å². The number of aromatic nitrogens is 1. The van der Waals surface area contributed by atoms with E-state index in [2.05, 4.69) is 27.3 Å². The van der Waals surface area contributed by atoms with Crippen molar-refractivity contribution in [1.29, 1.82) is 0 Å². The van der Waals surface area contributed by atoms with E-state index < -0.39 is 5.97 Å². The fourth-order valence-electron chi connectivity index (χ4n) is 3.45. The molecule has 144 valence electrons. The monoisotopic (exact) mass is 400 g/mol. The molecular weight excluding hydrogens is 379 g/mol. The number of nitrogens with one attached hydrogen (secondary N) is 1. The first-order valence-corrected chi connectivity index (χ1v) is 9.10. The van der Waals surface area contributed by atoms with Crippen molar-refractivity contribution in [2.45, 2.75) is 0 Å². The van der Waals surface area contributed by atoms with Gasteiger partial charge in [-0.05, 0) is 23.6 Å². The summed E-state index contributed by atoms with van der Waals surface area (Å²) in [5.74, 6) is -0.142. The first kappa shape index (κ1) is 21.1. The Morgan fingerprint density at radius 3 is 2.38 bits per heavy atom. The number of nitrogens with zero attached hydrogens (tertiary/aromatic N) is 3. The number of amides is 2. The van der Waals surface area contributed by atoms with Gasteiger partial charge in [-0.1, -0.05) is 36.4 Å². The molecule has 1 aliphatic heterocycles. The molecule has 0 radical (unpaired) electrons. The van der Waals surface area contributed by atoms with E-state index in [1.807, 2.05) is 18.2 Å². The number of urea groups is 1. The number of hydrogen-bond donors (Lipinski definition) is 2. The zero-order valence-electron chi connectivity index (χ0n) is 15.2. The van der Waals surface area contributed by atoms with Crippen molar-refractivity contribution >= 4 is 63.8 Å². The molecule has 2 aromatic carbocycles. The average Bonchev–Trinajstić information content (AvgIpc) is 2.73. The van der Waals surface area contributed by atoms with Crippen LogP contribution in [0.4, 0.5) is 16.3 Å². The number of carboxylic acids is 1. The van der Waals surface area contributed by atoms with E-state index in [9.17, 15) is 14.7 Å². The third-order valence-electron chi connectivity index (χ3n) is 4.92. The van der Waals surface area contributed by atoms with Crippen LogP contribution in [-0.4, -0.2) is 82.7 Å². The fourth-order valence-corrected chi connectivity index (χ4v) is 3.45. The Labute approximate surface area is 190 Å². The van der Waals surface area contributed by atoms with Crippen LogP contribution >= 0.6 is 0 Å². The number of hydrogen-bond acceptors (Lipinski definition) is 4. The van der Waals surface area contributed by atoms with Crippen LogP contribution in [-0.2, 0) is 0 Å². The van der Waals surface area contributed by atoms with Gasteiger partial charge in [0.2, 0.25) is 0 Å². The van der Waals surface area contributed by atoms with E-state index in [1.54, 1.807) is 29.3 Å². The Morgan fingerprint density at radius 1 is 0.931 bits per heavy atom. The van der Waals surface area contributed by atoms with Crippen LogP contribution in [0.1, 0.15) is 10.4 Å². The molecule has 8 heteroatoms. The Hall–Kier alpha value is -2.61. The van der Waals surface area contributed by atoms with Crippen molar-refractivity contribution in [1.82, 2.24) is 9.88 Å². The molecule has 1 aliphatic rings. The number of anilines is 2. The summed E-state index contributed by atoms with van der Waals surface area (Å²) in [5, 5.41) is 14.2. The summed E-state index contributed by atoms with van der Waals surface area (Å²) in [7, 11) is 0. The molecule has 0 saturated carbocycles. The molecule has 4 rings (SSSR count). The number of carbonyl (C=O) groups is 2. The maximum atomic E-state index is 12.6. The van der Waals surface area contributed by atoms with Gasteiger partial charge >= 0.3 is 41.6 Å². The van der Waals surface area contributed by atoms with Crippen molar-refractivity contribution in [3.63, 3.8) is 0 Å². The van der Waals surface area contributed by atoms with E-state index in [1.165, 1.54) is 6.07 Å². The number of para-hydroxylation sites is 1. The van der Waals surface area contributed by atoms with Crippen LogP contribution in [0.2, 0.25) is 0 Å². The van der Waals surface area contributed by atoms with Gasteiger partial charge in [0.15, 0.2) is 0 Å².